The molecule has 2 amide bonds. The number of nitrogens with zero attached hydrogens (tertiary/aromatic N) is 1. The molecule has 0 aliphatic rings. The van der Waals surface area contributed by atoms with Crippen LogP contribution in [0.15, 0.2) is 0 Å². The number of carbonyl (C=O) groups is 1. The Morgan fingerprint density at radius 1 is 1.36 bits per heavy atom. The van der Waals surface area contributed by atoms with Gasteiger partial charge in [0, 0.05) is 20.1 Å². The van der Waals surface area contributed by atoms with Gasteiger partial charge in [0.1, 0.15) is 0 Å². The van der Waals surface area contributed by atoms with E-state index in [4.69, 9.17) is 5.73 Å². The number of hydrogen-bond donors (Lipinski definition) is 2. The fourth-order valence-electron chi connectivity index (χ4n) is 1.23. The van der Waals surface area contributed by atoms with Crippen LogP contribution in [-0.4, -0.2) is 36.6 Å². The molecule has 14 heavy (non-hydrogen) atoms. The molecule has 0 aliphatic carbocycles. The average Bonchev–Trinajstić information content (AvgIpc) is 2.24. The van der Waals surface area contributed by atoms with Gasteiger partial charge in [-0.25, -0.2) is 4.79 Å². The largest absolute Gasteiger partial charge is 0.331 e. The first kappa shape index (κ1) is 13.2. The predicted molar refractivity (Wildman–Crippen MR) is 59.2 cm³/mol. The summed E-state index contributed by atoms with van der Waals surface area (Å²) in [6, 6.07) is -0.0401. The third-order valence-corrected chi connectivity index (χ3v) is 2.94. The van der Waals surface area contributed by atoms with Crippen LogP contribution in [0.25, 0.3) is 0 Å². The third-order valence-electron chi connectivity index (χ3n) is 2.94. The van der Waals surface area contributed by atoms with Crippen molar-refractivity contribution in [1.29, 1.82) is 0 Å². The Balaban J connectivity index is 4.37. The van der Waals surface area contributed by atoms with E-state index >= 15 is 0 Å². The second-order valence-corrected chi connectivity index (χ2v) is 3.64. The summed E-state index contributed by atoms with van der Waals surface area (Å²) in [6.45, 7) is 7.23. The van der Waals surface area contributed by atoms with Crippen molar-refractivity contribution >= 4 is 6.03 Å². The zero-order valence-corrected chi connectivity index (χ0v) is 9.76. The van der Waals surface area contributed by atoms with E-state index in [0.29, 0.717) is 13.1 Å². The zero-order valence-electron chi connectivity index (χ0n) is 9.76. The van der Waals surface area contributed by atoms with Crippen LogP contribution >= 0.6 is 0 Å². The van der Waals surface area contributed by atoms with Crippen molar-refractivity contribution < 1.29 is 4.79 Å². The minimum atomic E-state index is -0.236. The van der Waals surface area contributed by atoms with Gasteiger partial charge in [-0.2, -0.15) is 0 Å². The van der Waals surface area contributed by atoms with Crippen LogP contribution < -0.4 is 11.1 Å². The van der Waals surface area contributed by atoms with E-state index in [-0.39, 0.29) is 11.6 Å². The molecular weight excluding hydrogens is 178 g/mol. The van der Waals surface area contributed by atoms with E-state index in [2.05, 4.69) is 5.32 Å². The first-order valence-electron chi connectivity index (χ1n) is 5.28. The normalized spacial score (nSPS) is 11.2. The summed E-state index contributed by atoms with van der Waals surface area (Å²) >= 11 is 0. The number of amides is 2. The molecule has 0 saturated heterocycles. The Bertz CT molecular complexity index is 170. The molecule has 84 valence electrons. The Hall–Kier alpha value is -0.770. The van der Waals surface area contributed by atoms with Crippen molar-refractivity contribution in [3.8, 4) is 0 Å². The minimum Gasteiger partial charge on any atom is -0.331 e. The molecule has 0 unspecified atom stereocenters. The molecule has 0 rings (SSSR count). The molecule has 0 aliphatic heterocycles. The van der Waals surface area contributed by atoms with Gasteiger partial charge in [-0.05, 0) is 19.8 Å². The Kier molecular flexibility index (Phi) is 5.53. The first-order valence-corrected chi connectivity index (χ1v) is 5.28. The lowest BCUT2D eigenvalue weighted by Gasteiger charge is -2.33. The fraction of sp³-hybridized carbons (Fsp3) is 0.900. The van der Waals surface area contributed by atoms with Crippen LogP contribution in [0.2, 0.25) is 0 Å². The van der Waals surface area contributed by atoms with Crippen LogP contribution in [0.3, 0.4) is 0 Å². The smallest absolute Gasteiger partial charge is 0.317 e. The molecule has 4 heteroatoms. The molecule has 4 nitrogen and oxygen atoms in total. The van der Waals surface area contributed by atoms with Crippen molar-refractivity contribution in [1.82, 2.24) is 10.2 Å². The number of hydrogen-bond acceptors (Lipinski definition) is 2. The Morgan fingerprint density at radius 2 is 1.86 bits per heavy atom. The number of nitrogens with two attached hydrogens (primary N) is 1. The van der Waals surface area contributed by atoms with E-state index in [0.717, 1.165) is 12.8 Å². The molecule has 0 fully saturated rings. The van der Waals surface area contributed by atoms with E-state index < -0.39 is 0 Å². The van der Waals surface area contributed by atoms with Gasteiger partial charge in [-0.3, -0.25) is 0 Å². The zero-order chi connectivity index (χ0) is 11.2. The molecule has 0 spiro atoms. The predicted octanol–water partition coefficient (Wildman–Crippen LogP) is 1.17. The van der Waals surface area contributed by atoms with Crippen molar-refractivity contribution in [3.05, 3.63) is 0 Å². The molecule has 0 aromatic rings. The van der Waals surface area contributed by atoms with Gasteiger partial charge >= 0.3 is 6.03 Å². The summed E-state index contributed by atoms with van der Waals surface area (Å²) in [6.07, 6.45) is 1.73. The molecular formula is C10H23N3O. The molecule has 0 heterocycles. The van der Waals surface area contributed by atoms with Gasteiger partial charge in [0.25, 0.3) is 0 Å². The van der Waals surface area contributed by atoms with Crippen LogP contribution in [0, 0.1) is 0 Å². The van der Waals surface area contributed by atoms with E-state index in [1.165, 1.54) is 0 Å². The number of carbonyl (C=O) groups excluding carboxylic acids is 1. The van der Waals surface area contributed by atoms with E-state index in [9.17, 15) is 4.79 Å². The quantitative estimate of drug-likeness (QED) is 0.701. The van der Waals surface area contributed by atoms with Crippen molar-refractivity contribution in [2.75, 3.05) is 20.1 Å². The maximum absolute atomic E-state index is 11.6. The van der Waals surface area contributed by atoms with Gasteiger partial charge in [0.05, 0.1) is 5.54 Å². The lowest BCUT2D eigenvalue weighted by atomic mass is 9.93. The summed E-state index contributed by atoms with van der Waals surface area (Å²) in [5.74, 6) is 0. The lowest BCUT2D eigenvalue weighted by Crippen LogP contribution is -2.55. The van der Waals surface area contributed by atoms with Gasteiger partial charge in [-0.1, -0.05) is 13.8 Å². The van der Waals surface area contributed by atoms with Crippen molar-refractivity contribution in [2.45, 2.75) is 39.2 Å². The topological polar surface area (TPSA) is 58.4 Å². The number of urea groups is 1. The van der Waals surface area contributed by atoms with Crippen LogP contribution in [0.1, 0.15) is 33.6 Å². The van der Waals surface area contributed by atoms with E-state index in [1.54, 1.807) is 11.9 Å². The van der Waals surface area contributed by atoms with Gasteiger partial charge in [0.15, 0.2) is 0 Å². The average molecular weight is 201 g/mol. The molecule has 0 saturated carbocycles. The summed E-state index contributed by atoms with van der Waals surface area (Å²) in [5.41, 5.74) is 5.45. The van der Waals surface area contributed by atoms with Crippen LogP contribution in [-0.2, 0) is 0 Å². The highest BCUT2D eigenvalue weighted by molar-refractivity contribution is 5.74. The maximum atomic E-state index is 11.6. The molecule has 0 bridgehead atoms. The van der Waals surface area contributed by atoms with Crippen molar-refractivity contribution in [2.24, 2.45) is 5.73 Å². The molecule has 0 radical (unpaired) electrons. The second-order valence-electron chi connectivity index (χ2n) is 3.64. The lowest BCUT2D eigenvalue weighted by molar-refractivity contribution is 0.192. The Morgan fingerprint density at radius 3 is 2.14 bits per heavy atom. The highest BCUT2D eigenvalue weighted by Gasteiger charge is 2.27. The summed E-state index contributed by atoms with van der Waals surface area (Å²) in [7, 11) is 1.78. The number of nitrogens with one attached hydrogen (secondary N) is 1. The first-order chi connectivity index (χ1) is 6.55. The second kappa shape index (κ2) is 5.86. The molecule has 3 N–H and O–H groups in total. The molecule has 0 aromatic carbocycles. The molecule has 0 atom stereocenters. The number of rotatable bonds is 5. The fourth-order valence-corrected chi connectivity index (χ4v) is 1.23. The summed E-state index contributed by atoms with van der Waals surface area (Å²) < 4.78 is 0. The van der Waals surface area contributed by atoms with Crippen LogP contribution in [0.4, 0.5) is 4.79 Å². The van der Waals surface area contributed by atoms with Crippen LogP contribution in [0.5, 0.6) is 0 Å². The van der Waals surface area contributed by atoms with Gasteiger partial charge in [0.2, 0.25) is 0 Å². The minimum absolute atomic E-state index is 0.0401. The summed E-state index contributed by atoms with van der Waals surface area (Å²) in [4.78, 5) is 13.3. The van der Waals surface area contributed by atoms with Crippen molar-refractivity contribution in [3.63, 3.8) is 0 Å². The highest BCUT2D eigenvalue weighted by atomic mass is 16.2. The molecule has 0 aromatic heterocycles. The highest BCUT2D eigenvalue weighted by Crippen LogP contribution is 2.13. The Labute approximate surface area is 86.8 Å². The SMILES string of the molecule is CCN(C)C(=O)NC(CC)(CC)CN. The van der Waals surface area contributed by atoms with Gasteiger partial charge in [-0.15, -0.1) is 0 Å². The standard InChI is InChI=1S/C10H23N3O/c1-5-10(6-2,8-11)12-9(14)13(4)7-3/h5-8,11H2,1-4H3,(H,12,14). The maximum Gasteiger partial charge on any atom is 0.317 e. The third kappa shape index (κ3) is 3.18. The van der Waals surface area contributed by atoms with Gasteiger partial charge < -0.3 is 16.0 Å². The summed E-state index contributed by atoms with van der Waals surface area (Å²) in [5, 5.41) is 2.99. The monoisotopic (exact) mass is 201 g/mol. The van der Waals surface area contributed by atoms with E-state index in [1.807, 2.05) is 20.8 Å².